The van der Waals surface area contributed by atoms with E-state index in [1.165, 1.54) is 0 Å². The highest BCUT2D eigenvalue weighted by Gasteiger charge is 2.29. The van der Waals surface area contributed by atoms with Gasteiger partial charge in [-0.1, -0.05) is 6.92 Å². The van der Waals surface area contributed by atoms with Crippen molar-refractivity contribution in [2.45, 2.75) is 19.4 Å². The minimum atomic E-state index is 0.599. The van der Waals surface area contributed by atoms with Crippen molar-refractivity contribution in [3.05, 3.63) is 41.4 Å². The van der Waals surface area contributed by atoms with Gasteiger partial charge in [0.15, 0.2) is 11.5 Å². The summed E-state index contributed by atoms with van der Waals surface area (Å²) in [4.78, 5) is 13.9. The number of rotatable bonds is 7. The first-order valence-corrected chi connectivity index (χ1v) is 11.6. The maximum absolute atomic E-state index is 6.15. The number of benzene rings is 1. The van der Waals surface area contributed by atoms with Gasteiger partial charge in [-0.3, -0.25) is 4.90 Å². The van der Waals surface area contributed by atoms with E-state index in [0.29, 0.717) is 18.5 Å². The zero-order chi connectivity index (χ0) is 21.2. The van der Waals surface area contributed by atoms with Crippen molar-refractivity contribution in [1.29, 1.82) is 0 Å². The van der Waals surface area contributed by atoms with Crippen molar-refractivity contribution >= 4 is 38.8 Å². The van der Waals surface area contributed by atoms with Gasteiger partial charge in [-0.25, -0.2) is 9.97 Å². The number of piperazine rings is 1. The quantitative estimate of drug-likeness (QED) is 0.547. The summed E-state index contributed by atoms with van der Waals surface area (Å²) in [5, 5.41) is 3.41. The largest absolute Gasteiger partial charge is 0.491 e. The van der Waals surface area contributed by atoms with Crippen LogP contribution in [0.25, 0.3) is 5.65 Å². The monoisotopic (exact) mass is 486 g/mol. The number of fused-ring (bicyclic) bond motifs is 1. The van der Waals surface area contributed by atoms with Crippen LogP contribution in [0.2, 0.25) is 0 Å². The standard InChI is InChI=1S/C22H27BrN6O2/c1-2-11-31-19-12-16(25-21-22-24-5-6-29(22)13-20(23)26-21)3-4-18(19)28-9-7-27(8-10-28)17-14-30-15-17/h3-6,12-13,17H,2,7-11,14-15H2,1H3,(H,25,26). The van der Waals surface area contributed by atoms with E-state index in [1.807, 2.05) is 16.8 Å². The Morgan fingerprint density at radius 1 is 1.23 bits per heavy atom. The highest BCUT2D eigenvalue weighted by Crippen LogP contribution is 2.34. The molecule has 0 amide bonds. The van der Waals surface area contributed by atoms with Crippen LogP contribution in [0.3, 0.4) is 0 Å². The van der Waals surface area contributed by atoms with Crippen LogP contribution in [0.5, 0.6) is 5.75 Å². The van der Waals surface area contributed by atoms with Gasteiger partial charge in [0.1, 0.15) is 10.4 Å². The van der Waals surface area contributed by atoms with Crippen LogP contribution < -0.4 is 15.0 Å². The fourth-order valence-electron chi connectivity index (χ4n) is 4.06. The van der Waals surface area contributed by atoms with Crippen LogP contribution >= 0.6 is 15.9 Å². The number of nitrogens with zero attached hydrogens (tertiary/aromatic N) is 5. The summed E-state index contributed by atoms with van der Waals surface area (Å²) >= 11 is 3.48. The highest BCUT2D eigenvalue weighted by atomic mass is 79.9. The lowest BCUT2D eigenvalue weighted by Crippen LogP contribution is -2.56. The lowest BCUT2D eigenvalue weighted by Gasteiger charge is -2.43. The van der Waals surface area contributed by atoms with E-state index in [2.05, 4.69) is 66.1 Å². The van der Waals surface area contributed by atoms with Gasteiger partial charge < -0.3 is 24.1 Å². The van der Waals surface area contributed by atoms with Crippen molar-refractivity contribution in [2.75, 3.05) is 56.2 Å². The first-order chi connectivity index (χ1) is 15.2. The number of ether oxygens (including phenoxy) is 2. The molecule has 0 spiro atoms. The predicted octanol–water partition coefficient (Wildman–Crippen LogP) is 3.55. The van der Waals surface area contributed by atoms with Crippen LogP contribution in [0.15, 0.2) is 41.4 Å². The first kappa shape index (κ1) is 20.5. The molecule has 2 aliphatic heterocycles. The van der Waals surface area contributed by atoms with Crippen LogP contribution in [0.4, 0.5) is 17.2 Å². The van der Waals surface area contributed by atoms with E-state index in [4.69, 9.17) is 9.47 Å². The van der Waals surface area contributed by atoms with E-state index in [9.17, 15) is 0 Å². The Kier molecular flexibility index (Phi) is 5.97. The maximum Gasteiger partial charge on any atom is 0.180 e. The maximum atomic E-state index is 6.15. The zero-order valence-electron chi connectivity index (χ0n) is 17.6. The van der Waals surface area contributed by atoms with Crippen molar-refractivity contribution in [3.63, 3.8) is 0 Å². The van der Waals surface area contributed by atoms with Gasteiger partial charge in [0, 0.05) is 56.5 Å². The number of imidazole rings is 1. The lowest BCUT2D eigenvalue weighted by molar-refractivity contribution is -0.0660. The molecular weight excluding hydrogens is 460 g/mol. The van der Waals surface area contributed by atoms with Crippen molar-refractivity contribution < 1.29 is 9.47 Å². The van der Waals surface area contributed by atoms with Crippen molar-refractivity contribution in [2.24, 2.45) is 0 Å². The van der Waals surface area contributed by atoms with Gasteiger partial charge in [0.2, 0.25) is 0 Å². The summed E-state index contributed by atoms with van der Waals surface area (Å²) < 4.78 is 14.2. The number of nitrogens with one attached hydrogen (secondary N) is 1. The second kappa shape index (κ2) is 9.02. The van der Waals surface area contributed by atoms with Crippen molar-refractivity contribution in [3.8, 4) is 5.75 Å². The Labute approximate surface area is 190 Å². The predicted molar refractivity (Wildman–Crippen MR) is 125 cm³/mol. The highest BCUT2D eigenvalue weighted by molar-refractivity contribution is 9.10. The molecule has 0 unspecified atom stereocenters. The molecule has 9 heteroatoms. The number of hydrogen-bond donors (Lipinski definition) is 1. The molecule has 1 N–H and O–H groups in total. The Morgan fingerprint density at radius 2 is 2.06 bits per heavy atom. The number of anilines is 3. The second-order valence-electron chi connectivity index (χ2n) is 7.94. The normalized spacial score (nSPS) is 17.7. The van der Waals surface area contributed by atoms with Gasteiger partial charge >= 0.3 is 0 Å². The summed E-state index contributed by atoms with van der Waals surface area (Å²) in [6.45, 7) is 8.66. The molecule has 2 aliphatic rings. The van der Waals surface area contributed by atoms with Gasteiger partial charge in [0.25, 0.3) is 0 Å². The first-order valence-electron chi connectivity index (χ1n) is 10.8. The molecule has 0 bridgehead atoms. The summed E-state index contributed by atoms with van der Waals surface area (Å²) in [5.41, 5.74) is 2.85. The van der Waals surface area contributed by atoms with Crippen LogP contribution in [0.1, 0.15) is 13.3 Å². The third-order valence-electron chi connectivity index (χ3n) is 5.82. The Morgan fingerprint density at radius 3 is 2.81 bits per heavy atom. The molecule has 3 aromatic rings. The summed E-state index contributed by atoms with van der Waals surface area (Å²) in [6.07, 6.45) is 6.53. The smallest absolute Gasteiger partial charge is 0.180 e. The molecule has 0 aliphatic carbocycles. The zero-order valence-corrected chi connectivity index (χ0v) is 19.2. The van der Waals surface area contributed by atoms with Gasteiger partial charge in [-0.2, -0.15) is 0 Å². The molecule has 164 valence electrons. The minimum absolute atomic E-state index is 0.599. The average molecular weight is 487 g/mol. The molecule has 0 atom stereocenters. The molecule has 2 fully saturated rings. The topological polar surface area (TPSA) is 67.2 Å². The fraction of sp³-hybridized carbons (Fsp3) is 0.455. The number of aromatic nitrogens is 3. The summed E-state index contributed by atoms with van der Waals surface area (Å²) in [6, 6.07) is 6.90. The Balaban J connectivity index is 1.37. The Hall–Kier alpha value is -2.36. The number of halogens is 1. The molecule has 4 heterocycles. The summed E-state index contributed by atoms with van der Waals surface area (Å²) in [5.74, 6) is 1.60. The fourth-order valence-corrected chi connectivity index (χ4v) is 4.46. The third kappa shape index (κ3) is 4.35. The van der Waals surface area contributed by atoms with Crippen LogP contribution in [-0.4, -0.2) is 71.3 Å². The van der Waals surface area contributed by atoms with E-state index in [-0.39, 0.29) is 0 Å². The molecule has 1 aromatic carbocycles. The third-order valence-corrected chi connectivity index (χ3v) is 6.20. The second-order valence-corrected chi connectivity index (χ2v) is 8.75. The van der Waals surface area contributed by atoms with Crippen LogP contribution in [0, 0.1) is 0 Å². The van der Waals surface area contributed by atoms with E-state index in [1.54, 1.807) is 6.20 Å². The molecule has 8 nitrogen and oxygen atoms in total. The lowest BCUT2D eigenvalue weighted by atomic mass is 10.1. The van der Waals surface area contributed by atoms with Crippen molar-refractivity contribution in [1.82, 2.24) is 19.3 Å². The van der Waals surface area contributed by atoms with Gasteiger partial charge in [-0.15, -0.1) is 0 Å². The van der Waals surface area contributed by atoms with E-state index < -0.39 is 0 Å². The SMILES string of the molecule is CCCOc1cc(Nc2nc(Br)cn3ccnc23)ccc1N1CCN(C2COC2)CC1. The summed E-state index contributed by atoms with van der Waals surface area (Å²) in [7, 11) is 0. The van der Waals surface area contributed by atoms with Gasteiger partial charge in [0.05, 0.1) is 31.5 Å². The number of hydrogen-bond acceptors (Lipinski definition) is 7. The molecule has 31 heavy (non-hydrogen) atoms. The molecule has 0 radical (unpaired) electrons. The van der Waals surface area contributed by atoms with Crippen LogP contribution in [-0.2, 0) is 4.74 Å². The molecule has 5 rings (SSSR count). The van der Waals surface area contributed by atoms with E-state index >= 15 is 0 Å². The molecule has 2 aromatic heterocycles. The minimum Gasteiger partial charge on any atom is -0.491 e. The molecule has 0 saturated carbocycles. The van der Waals surface area contributed by atoms with E-state index in [0.717, 1.165) is 73.2 Å². The van der Waals surface area contributed by atoms with Gasteiger partial charge in [-0.05, 0) is 34.5 Å². The molecule has 2 saturated heterocycles. The average Bonchev–Trinajstić information content (AvgIpc) is 3.20. The molecular formula is C22H27BrN6O2. The Bertz CT molecular complexity index is 1050.